The van der Waals surface area contributed by atoms with Crippen LogP contribution in [0.1, 0.15) is 36.2 Å². The van der Waals surface area contributed by atoms with Crippen molar-refractivity contribution in [2.24, 2.45) is 5.84 Å². The van der Waals surface area contributed by atoms with Gasteiger partial charge in [0.1, 0.15) is 0 Å². The van der Waals surface area contributed by atoms with E-state index in [9.17, 15) is 0 Å². The molecule has 0 spiro atoms. The molecule has 1 atom stereocenters. The van der Waals surface area contributed by atoms with Gasteiger partial charge in [0.05, 0.1) is 11.7 Å². The van der Waals surface area contributed by atoms with E-state index >= 15 is 0 Å². The molecule has 0 aliphatic heterocycles. The average molecular weight is 279 g/mol. The number of benzene rings is 1. The van der Waals surface area contributed by atoms with Crippen LogP contribution in [-0.4, -0.2) is 9.78 Å². The zero-order valence-corrected chi connectivity index (χ0v) is 12.0. The van der Waals surface area contributed by atoms with Crippen molar-refractivity contribution in [1.82, 2.24) is 15.2 Å². The zero-order chi connectivity index (χ0) is 13.8. The Morgan fingerprint density at radius 1 is 1.42 bits per heavy atom. The van der Waals surface area contributed by atoms with E-state index in [-0.39, 0.29) is 6.04 Å². The second-order valence-corrected chi connectivity index (χ2v) is 5.01. The number of halogens is 1. The van der Waals surface area contributed by atoms with Crippen molar-refractivity contribution >= 4 is 11.6 Å². The second kappa shape index (κ2) is 6.19. The third-order valence-electron chi connectivity index (χ3n) is 3.11. The van der Waals surface area contributed by atoms with E-state index < -0.39 is 0 Å². The molecule has 0 saturated carbocycles. The maximum absolute atomic E-state index is 6.32. The highest BCUT2D eigenvalue weighted by molar-refractivity contribution is 6.31. The van der Waals surface area contributed by atoms with Crippen LogP contribution < -0.4 is 11.3 Å². The lowest BCUT2D eigenvalue weighted by Crippen LogP contribution is -2.31. The first-order valence-electron chi connectivity index (χ1n) is 6.41. The van der Waals surface area contributed by atoms with E-state index in [4.69, 9.17) is 17.4 Å². The summed E-state index contributed by atoms with van der Waals surface area (Å²) in [6.07, 6.45) is 2.81. The molecule has 2 rings (SSSR count). The van der Waals surface area contributed by atoms with Crippen LogP contribution in [0.15, 0.2) is 30.5 Å². The van der Waals surface area contributed by atoms with Crippen LogP contribution >= 0.6 is 11.6 Å². The first-order chi connectivity index (χ1) is 9.17. The van der Waals surface area contributed by atoms with Crippen molar-refractivity contribution in [3.8, 4) is 0 Å². The molecule has 102 valence electrons. The van der Waals surface area contributed by atoms with Crippen molar-refractivity contribution < 1.29 is 0 Å². The fourth-order valence-electron chi connectivity index (χ4n) is 2.19. The third kappa shape index (κ3) is 2.97. The van der Waals surface area contributed by atoms with Gasteiger partial charge in [0, 0.05) is 17.8 Å². The summed E-state index contributed by atoms with van der Waals surface area (Å²) in [6.45, 7) is 5.00. The summed E-state index contributed by atoms with van der Waals surface area (Å²) in [7, 11) is 0. The normalized spacial score (nSPS) is 12.6. The van der Waals surface area contributed by atoms with E-state index in [1.54, 1.807) is 6.20 Å². The molecule has 0 aliphatic rings. The molecule has 1 unspecified atom stereocenters. The Balaban J connectivity index is 2.41. The van der Waals surface area contributed by atoms with Crippen LogP contribution in [0.2, 0.25) is 5.02 Å². The summed E-state index contributed by atoms with van der Waals surface area (Å²) in [4.78, 5) is 0. The lowest BCUT2D eigenvalue weighted by molar-refractivity contribution is 0.521. The van der Waals surface area contributed by atoms with Crippen molar-refractivity contribution in [2.45, 2.75) is 32.9 Å². The van der Waals surface area contributed by atoms with Gasteiger partial charge in [-0.15, -0.1) is 0 Å². The summed E-state index contributed by atoms with van der Waals surface area (Å²) < 4.78 is 1.96. The third-order valence-corrected chi connectivity index (χ3v) is 3.44. The summed E-state index contributed by atoms with van der Waals surface area (Å²) in [5.74, 6) is 5.72. The Hall–Kier alpha value is -1.36. The minimum absolute atomic E-state index is 0.151. The van der Waals surface area contributed by atoms with Gasteiger partial charge < -0.3 is 0 Å². The molecule has 1 aromatic heterocycles. The number of aromatic nitrogens is 2. The Morgan fingerprint density at radius 3 is 2.84 bits per heavy atom. The standard InChI is InChI=1S/C14H19ClN4/c1-3-8-19-13(6-7-17-19)14(18-16)11-5-4-10(2)9-12(11)15/h4-7,9,14,18H,3,8,16H2,1-2H3. The lowest BCUT2D eigenvalue weighted by Gasteiger charge is -2.19. The maximum Gasteiger partial charge on any atom is 0.0892 e. The fraction of sp³-hybridized carbons (Fsp3) is 0.357. The van der Waals surface area contributed by atoms with E-state index in [2.05, 4.69) is 17.4 Å². The first-order valence-corrected chi connectivity index (χ1v) is 6.79. The Bertz CT molecular complexity index is 550. The number of hydrogen-bond donors (Lipinski definition) is 2. The number of hydrazine groups is 1. The van der Waals surface area contributed by atoms with Gasteiger partial charge in [-0.25, -0.2) is 5.43 Å². The van der Waals surface area contributed by atoms with Crippen LogP contribution in [0.4, 0.5) is 0 Å². The molecule has 5 heteroatoms. The summed E-state index contributed by atoms with van der Waals surface area (Å²) in [6, 6.07) is 7.80. The molecular weight excluding hydrogens is 260 g/mol. The van der Waals surface area contributed by atoms with Gasteiger partial charge in [-0.05, 0) is 36.6 Å². The van der Waals surface area contributed by atoms with E-state index in [1.807, 2.05) is 35.9 Å². The van der Waals surface area contributed by atoms with E-state index in [0.29, 0.717) is 5.02 Å². The van der Waals surface area contributed by atoms with Gasteiger partial charge in [0.15, 0.2) is 0 Å². The SMILES string of the molecule is CCCn1nccc1C(NN)c1ccc(C)cc1Cl. The van der Waals surface area contributed by atoms with Gasteiger partial charge >= 0.3 is 0 Å². The summed E-state index contributed by atoms with van der Waals surface area (Å²) in [5.41, 5.74) is 5.95. The average Bonchev–Trinajstić information content (AvgIpc) is 2.82. The molecule has 1 heterocycles. The van der Waals surface area contributed by atoms with Gasteiger partial charge in [0.25, 0.3) is 0 Å². The molecular formula is C14H19ClN4. The second-order valence-electron chi connectivity index (χ2n) is 4.60. The molecule has 3 N–H and O–H groups in total. The summed E-state index contributed by atoms with van der Waals surface area (Å²) in [5, 5.41) is 5.04. The van der Waals surface area contributed by atoms with Crippen molar-refractivity contribution in [1.29, 1.82) is 0 Å². The smallest absolute Gasteiger partial charge is 0.0892 e. The van der Waals surface area contributed by atoms with Crippen molar-refractivity contribution in [3.05, 3.63) is 52.3 Å². The Kier molecular flexibility index (Phi) is 4.58. The molecule has 0 bridgehead atoms. The maximum atomic E-state index is 6.32. The molecule has 0 fully saturated rings. The minimum Gasteiger partial charge on any atom is -0.271 e. The monoisotopic (exact) mass is 278 g/mol. The first kappa shape index (κ1) is 14.1. The largest absolute Gasteiger partial charge is 0.271 e. The van der Waals surface area contributed by atoms with E-state index in [0.717, 1.165) is 29.8 Å². The van der Waals surface area contributed by atoms with Gasteiger partial charge in [-0.1, -0.05) is 30.7 Å². The number of nitrogens with one attached hydrogen (secondary N) is 1. The molecule has 0 aliphatic carbocycles. The Labute approximate surface area is 118 Å². The molecule has 0 saturated heterocycles. The number of aryl methyl sites for hydroxylation is 2. The Morgan fingerprint density at radius 2 is 2.21 bits per heavy atom. The molecule has 0 amide bonds. The van der Waals surface area contributed by atoms with Crippen LogP contribution in [0.5, 0.6) is 0 Å². The number of hydrogen-bond acceptors (Lipinski definition) is 3. The lowest BCUT2D eigenvalue weighted by atomic mass is 10.0. The van der Waals surface area contributed by atoms with Crippen molar-refractivity contribution in [2.75, 3.05) is 0 Å². The molecule has 1 aromatic carbocycles. The highest BCUT2D eigenvalue weighted by Crippen LogP contribution is 2.28. The topological polar surface area (TPSA) is 55.9 Å². The zero-order valence-electron chi connectivity index (χ0n) is 11.2. The van der Waals surface area contributed by atoms with Crippen LogP contribution in [-0.2, 0) is 6.54 Å². The fourth-order valence-corrected chi connectivity index (χ4v) is 2.53. The van der Waals surface area contributed by atoms with Crippen molar-refractivity contribution in [3.63, 3.8) is 0 Å². The predicted molar refractivity (Wildman–Crippen MR) is 77.9 cm³/mol. The van der Waals surface area contributed by atoms with Crippen LogP contribution in [0.25, 0.3) is 0 Å². The minimum atomic E-state index is -0.151. The molecule has 0 radical (unpaired) electrons. The highest BCUT2D eigenvalue weighted by atomic mass is 35.5. The molecule has 4 nitrogen and oxygen atoms in total. The van der Waals surface area contributed by atoms with Crippen LogP contribution in [0, 0.1) is 6.92 Å². The number of rotatable bonds is 5. The molecule has 2 aromatic rings. The predicted octanol–water partition coefficient (Wildman–Crippen LogP) is 2.81. The van der Waals surface area contributed by atoms with E-state index in [1.165, 1.54) is 0 Å². The van der Waals surface area contributed by atoms with Gasteiger partial charge in [-0.3, -0.25) is 10.5 Å². The summed E-state index contributed by atoms with van der Waals surface area (Å²) >= 11 is 6.32. The molecule has 19 heavy (non-hydrogen) atoms. The van der Waals surface area contributed by atoms with Crippen LogP contribution in [0.3, 0.4) is 0 Å². The quantitative estimate of drug-likeness (QED) is 0.653. The van der Waals surface area contributed by atoms with Gasteiger partial charge in [-0.2, -0.15) is 5.10 Å². The number of nitrogens with two attached hydrogens (primary N) is 1. The number of nitrogens with zero attached hydrogens (tertiary/aromatic N) is 2. The highest BCUT2D eigenvalue weighted by Gasteiger charge is 2.19. The van der Waals surface area contributed by atoms with Gasteiger partial charge in [0.2, 0.25) is 0 Å².